The van der Waals surface area contributed by atoms with Gasteiger partial charge in [0.15, 0.2) is 5.13 Å². The summed E-state index contributed by atoms with van der Waals surface area (Å²) >= 11 is 7.36. The van der Waals surface area contributed by atoms with E-state index in [1.165, 1.54) is 16.9 Å². The molecule has 7 heteroatoms. The fourth-order valence-electron chi connectivity index (χ4n) is 3.32. The average Bonchev–Trinajstić information content (AvgIpc) is 3.15. The van der Waals surface area contributed by atoms with Gasteiger partial charge >= 0.3 is 0 Å². The summed E-state index contributed by atoms with van der Waals surface area (Å²) in [7, 11) is 0. The third kappa shape index (κ3) is 4.95. The molecule has 5 nitrogen and oxygen atoms in total. The van der Waals surface area contributed by atoms with E-state index >= 15 is 0 Å². The maximum atomic E-state index is 12.6. The number of nitrogens with zero attached hydrogens (tertiary/aromatic N) is 3. The molecule has 2 heterocycles. The molecule has 0 spiro atoms. The molecule has 4 rings (SSSR count). The fraction of sp³-hybridized carbons (Fsp3) is 0.174. The Labute approximate surface area is 184 Å². The normalized spacial score (nSPS) is 14.1. The number of hydrogen-bond donors (Lipinski definition) is 1. The van der Waals surface area contributed by atoms with E-state index in [1.54, 1.807) is 30.3 Å². The lowest BCUT2D eigenvalue weighted by atomic mass is 10.1. The molecule has 0 aliphatic carbocycles. The van der Waals surface area contributed by atoms with Crippen molar-refractivity contribution in [2.24, 2.45) is 0 Å². The maximum Gasteiger partial charge on any atom is 0.268 e. The van der Waals surface area contributed by atoms with E-state index in [1.807, 2.05) is 12.1 Å². The molecule has 3 aromatic rings. The van der Waals surface area contributed by atoms with Gasteiger partial charge in [0.05, 0.1) is 5.69 Å². The quantitative estimate of drug-likeness (QED) is 0.458. The molecule has 1 aromatic heterocycles. The number of carbonyl (C=O) groups excluding carboxylic acids is 1. The third-order valence-corrected chi connectivity index (χ3v) is 6.08. The number of fused-ring (bicyclic) bond motifs is 1. The lowest BCUT2D eigenvalue weighted by Crippen LogP contribution is -2.29. The van der Waals surface area contributed by atoms with E-state index in [-0.39, 0.29) is 5.57 Å². The highest BCUT2D eigenvalue weighted by Crippen LogP contribution is 2.29. The minimum atomic E-state index is -0.459. The Morgan fingerprint density at radius 1 is 1.23 bits per heavy atom. The lowest BCUT2D eigenvalue weighted by molar-refractivity contribution is -0.112. The Bertz CT molecular complexity index is 1120. The summed E-state index contributed by atoms with van der Waals surface area (Å²) in [5.74, 6) is -0.459. The van der Waals surface area contributed by atoms with Crippen LogP contribution < -0.4 is 5.32 Å². The van der Waals surface area contributed by atoms with Crippen molar-refractivity contribution in [3.8, 4) is 6.07 Å². The van der Waals surface area contributed by atoms with Crippen molar-refractivity contribution < 1.29 is 4.79 Å². The predicted molar refractivity (Wildman–Crippen MR) is 120 cm³/mol. The van der Waals surface area contributed by atoms with Crippen LogP contribution in [0.15, 0.2) is 60.2 Å². The Morgan fingerprint density at radius 2 is 2.00 bits per heavy atom. The Morgan fingerprint density at radius 3 is 2.73 bits per heavy atom. The van der Waals surface area contributed by atoms with E-state index in [0.29, 0.717) is 10.2 Å². The molecular formula is C23H19ClN4OS. The Balaban J connectivity index is 1.43. The largest absolute Gasteiger partial charge is 0.297 e. The van der Waals surface area contributed by atoms with Crippen LogP contribution >= 0.6 is 22.9 Å². The van der Waals surface area contributed by atoms with Crippen LogP contribution in [-0.4, -0.2) is 22.3 Å². The highest BCUT2D eigenvalue weighted by Gasteiger charge is 2.22. The van der Waals surface area contributed by atoms with Gasteiger partial charge in [-0.15, -0.1) is 11.3 Å². The molecule has 1 aliphatic heterocycles. The summed E-state index contributed by atoms with van der Waals surface area (Å²) in [5, 5.41) is 13.3. The number of hydrogen-bond acceptors (Lipinski definition) is 5. The zero-order chi connectivity index (χ0) is 20.9. The first-order chi connectivity index (χ1) is 14.6. The molecule has 1 amide bonds. The van der Waals surface area contributed by atoms with Crippen molar-refractivity contribution >= 4 is 40.1 Å². The molecule has 1 N–H and O–H groups in total. The minimum absolute atomic E-state index is 0.0243. The molecule has 2 aromatic carbocycles. The van der Waals surface area contributed by atoms with Gasteiger partial charge in [0, 0.05) is 36.0 Å². The molecule has 0 unspecified atom stereocenters. The monoisotopic (exact) mass is 434 g/mol. The lowest BCUT2D eigenvalue weighted by Gasteiger charge is -2.25. The van der Waals surface area contributed by atoms with Gasteiger partial charge in [-0.2, -0.15) is 5.26 Å². The first-order valence-corrected chi connectivity index (χ1v) is 10.7. The number of halogens is 1. The number of benzene rings is 2. The van der Waals surface area contributed by atoms with E-state index < -0.39 is 5.91 Å². The van der Waals surface area contributed by atoms with Crippen molar-refractivity contribution in [2.75, 3.05) is 11.9 Å². The molecule has 0 fully saturated rings. The van der Waals surface area contributed by atoms with Crippen LogP contribution in [0.2, 0.25) is 5.02 Å². The van der Waals surface area contributed by atoms with Crippen LogP contribution in [0.25, 0.3) is 6.08 Å². The van der Waals surface area contributed by atoms with Gasteiger partial charge in [-0.3, -0.25) is 15.0 Å². The highest BCUT2D eigenvalue weighted by molar-refractivity contribution is 7.15. The zero-order valence-electron chi connectivity index (χ0n) is 16.1. The van der Waals surface area contributed by atoms with Crippen molar-refractivity contribution in [3.63, 3.8) is 0 Å². The van der Waals surface area contributed by atoms with Crippen molar-refractivity contribution in [1.82, 2.24) is 9.88 Å². The molecule has 30 heavy (non-hydrogen) atoms. The van der Waals surface area contributed by atoms with Gasteiger partial charge < -0.3 is 0 Å². The van der Waals surface area contributed by atoms with Crippen molar-refractivity contribution in [3.05, 3.63) is 86.9 Å². The summed E-state index contributed by atoms with van der Waals surface area (Å²) in [6, 6.07) is 19.3. The number of carbonyl (C=O) groups is 1. The van der Waals surface area contributed by atoms with Gasteiger partial charge in [0.25, 0.3) is 5.91 Å². The van der Waals surface area contributed by atoms with Crippen LogP contribution in [0, 0.1) is 11.3 Å². The molecule has 0 saturated heterocycles. The highest BCUT2D eigenvalue weighted by atomic mass is 35.5. The van der Waals surface area contributed by atoms with Crippen LogP contribution in [0.3, 0.4) is 0 Å². The van der Waals surface area contributed by atoms with Gasteiger partial charge in [-0.25, -0.2) is 4.98 Å². The number of thiazole rings is 1. The second-order valence-corrected chi connectivity index (χ2v) is 8.53. The van der Waals surface area contributed by atoms with E-state index in [9.17, 15) is 10.1 Å². The zero-order valence-corrected chi connectivity index (χ0v) is 17.7. The van der Waals surface area contributed by atoms with Crippen molar-refractivity contribution in [1.29, 1.82) is 5.26 Å². The summed E-state index contributed by atoms with van der Waals surface area (Å²) in [6.45, 7) is 2.63. The first-order valence-electron chi connectivity index (χ1n) is 9.54. The number of amides is 1. The Kier molecular flexibility index (Phi) is 6.24. The predicted octanol–water partition coefficient (Wildman–Crippen LogP) is 4.90. The van der Waals surface area contributed by atoms with E-state index in [4.69, 9.17) is 11.6 Å². The van der Waals surface area contributed by atoms with Crippen LogP contribution in [0.1, 0.15) is 21.7 Å². The summed E-state index contributed by atoms with van der Waals surface area (Å²) in [5.41, 5.74) is 3.07. The second kappa shape index (κ2) is 9.23. The first kappa shape index (κ1) is 20.3. The number of nitriles is 1. The van der Waals surface area contributed by atoms with Gasteiger partial charge in [-0.1, -0.05) is 54.1 Å². The number of nitrogens with one attached hydrogen (secondary N) is 1. The SMILES string of the molecule is N#CC(=Cc1ccc(Cl)cc1)C(=O)Nc1nc2c(s1)CN(Cc1ccccc1)CC2. The standard InChI is InChI=1S/C23H19ClN4OS/c24-19-8-6-16(7-9-19)12-18(13-25)22(29)27-23-26-20-10-11-28(15-21(20)30-23)14-17-4-2-1-3-5-17/h1-9,12H,10-11,14-15H2,(H,26,27,29). The van der Waals surface area contributed by atoms with Gasteiger partial charge in [0.1, 0.15) is 11.6 Å². The summed E-state index contributed by atoms with van der Waals surface area (Å²) in [4.78, 5) is 20.7. The van der Waals surface area contributed by atoms with Crippen LogP contribution in [0.5, 0.6) is 0 Å². The topological polar surface area (TPSA) is 69.0 Å². The van der Waals surface area contributed by atoms with E-state index in [0.717, 1.165) is 42.2 Å². The number of aromatic nitrogens is 1. The van der Waals surface area contributed by atoms with Gasteiger partial charge in [-0.05, 0) is 29.3 Å². The molecule has 0 atom stereocenters. The number of anilines is 1. The molecule has 0 bridgehead atoms. The van der Waals surface area contributed by atoms with Crippen LogP contribution in [0.4, 0.5) is 5.13 Å². The minimum Gasteiger partial charge on any atom is -0.297 e. The Hall–Kier alpha value is -2.98. The molecule has 0 radical (unpaired) electrons. The van der Waals surface area contributed by atoms with Crippen molar-refractivity contribution in [2.45, 2.75) is 19.5 Å². The molecule has 1 aliphatic rings. The second-order valence-electron chi connectivity index (χ2n) is 7.01. The third-order valence-electron chi connectivity index (χ3n) is 4.83. The number of rotatable bonds is 5. The maximum absolute atomic E-state index is 12.6. The summed E-state index contributed by atoms with van der Waals surface area (Å²) in [6.07, 6.45) is 2.39. The molecular weight excluding hydrogens is 416 g/mol. The van der Waals surface area contributed by atoms with Crippen LogP contribution in [-0.2, 0) is 24.3 Å². The smallest absolute Gasteiger partial charge is 0.268 e. The van der Waals surface area contributed by atoms with E-state index in [2.05, 4.69) is 39.5 Å². The van der Waals surface area contributed by atoms with Gasteiger partial charge in [0.2, 0.25) is 0 Å². The fourth-order valence-corrected chi connectivity index (χ4v) is 4.49. The average molecular weight is 435 g/mol. The summed E-state index contributed by atoms with van der Waals surface area (Å²) < 4.78 is 0. The molecule has 150 valence electrons. The molecule has 0 saturated carbocycles.